The van der Waals surface area contributed by atoms with Crippen LogP contribution in [-0.2, 0) is 6.54 Å². The maximum absolute atomic E-state index is 4.34. The fourth-order valence-corrected chi connectivity index (χ4v) is 2.03. The Bertz CT molecular complexity index is 294. The van der Waals surface area contributed by atoms with Crippen LogP contribution in [0, 0.1) is 0 Å². The van der Waals surface area contributed by atoms with Crippen molar-refractivity contribution in [1.29, 1.82) is 0 Å². The van der Waals surface area contributed by atoms with Crippen LogP contribution in [0.2, 0.25) is 0 Å². The molecule has 14 heavy (non-hydrogen) atoms. The lowest BCUT2D eigenvalue weighted by Gasteiger charge is -2.07. The fourth-order valence-electron chi connectivity index (χ4n) is 2.03. The van der Waals surface area contributed by atoms with Gasteiger partial charge < -0.3 is 15.2 Å². The fraction of sp³-hybridized carbons (Fsp3) is 0.700. The molecule has 1 aliphatic rings. The van der Waals surface area contributed by atoms with Crippen molar-refractivity contribution in [3.05, 3.63) is 17.7 Å². The SMILES string of the molecule is CNCc1ncc(C2CCN(C)C2)[nH]1. The van der Waals surface area contributed by atoms with Crippen molar-refractivity contribution in [2.24, 2.45) is 0 Å². The number of hydrogen-bond acceptors (Lipinski definition) is 3. The Morgan fingerprint density at radius 3 is 3.21 bits per heavy atom. The molecule has 2 heterocycles. The van der Waals surface area contributed by atoms with Gasteiger partial charge in [-0.3, -0.25) is 0 Å². The average Bonchev–Trinajstić information content (AvgIpc) is 2.74. The van der Waals surface area contributed by atoms with Gasteiger partial charge in [0.05, 0.1) is 6.54 Å². The molecule has 4 heteroatoms. The van der Waals surface area contributed by atoms with Crippen LogP contribution in [-0.4, -0.2) is 42.1 Å². The number of nitrogens with zero attached hydrogens (tertiary/aromatic N) is 2. The topological polar surface area (TPSA) is 44.0 Å². The molecule has 1 aliphatic heterocycles. The van der Waals surface area contributed by atoms with Crippen molar-refractivity contribution in [2.45, 2.75) is 18.9 Å². The minimum atomic E-state index is 0.651. The second kappa shape index (κ2) is 4.11. The molecule has 1 fully saturated rings. The van der Waals surface area contributed by atoms with Crippen molar-refractivity contribution in [3.63, 3.8) is 0 Å². The van der Waals surface area contributed by atoms with Gasteiger partial charge in [0.1, 0.15) is 5.82 Å². The maximum atomic E-state index is 4.34. The Labute approximate surface area is 84.7 Å². The zero-order valence-corrected chi connectivity index (χ0v) is 8.88. The quantitative estimate of drug-likeness (QED) is 0.738. The lowest BCUT2D eigenvalue weighted by Crippen LogP contribution is -2.13. The van der Waals surface area contributed by atoms with Crippen molar-refractivity contribution >= 4 is 0 Å². The summed E-state index contributed by atoms with van der Waals surface area (Å²) in [6.45, 7) is 3.18. The van der Waals surface area contributed by atoms with Crippen molar-refractivity contribution < 1.29 is 0 Å². The molecule has 0 amide bonds. The van der Waals surface area contributed by atoms with Crippen molar-refractivity contribution in [1.82, 2.24) is 20.2 Å². The van der Waals surface area contributed by atoms with E-state index < -0.39 is 0 Å². The van der Waals surface area contributed by atoms with Gasteiger partial charge in [-0.1, -0.05) is 0 Å². The summed E-state index contributed by atoms with van der Waals surface area (Å²) in [7, 11) is 4.11. The Kier molecular flexibility index (Phi) is 2.84. The third-order valence-electron chi connectivity index (χ3n) is 2.82. The van der Waals surface area contributed by atoms with Crippen molar-refractivity contribution in [2.75, 3.05) is 27.2 Å². The molecule has 4 nitrogen and oxygen atoms in total. The summed E-state index contributed by atoms with van der Waals surface area (Å²) in [5.41, 5.74) is 1.29. The molecular weight excluding hydrogens is 176 g/mol. The molecular formula is C10H18N4. The van der Waals surface area contributed by atoms with Crippen LogP contribution in [0.3, 0.4) is 0 Å². The molecule has 0 radical (unpaired) electrons. The van der Waals surface area contributed by atoms with Crippen LogP contribution >= 0.6 is 0 Å². The van der Waals surface area contributed by atoms with Crippen molar-refractivity contribution in [3.8, 4) is 0 Å². The van der Waals surface area contributed by atoms with E-state index in [9.17, 15) is 0 Å². The van der Waals surface area contributed by atoms with Gasteiger partial charge in [0.25, 0.3) is 0 Å². The average molecular weight is 194 g/mol. The lowest BCUT2D eigenvalue weighted by molar-refractivity contribution is 0.411. The summed E-state index contributed by atoms with van der Waals surface area (Å²) in [5, 5.41) is 3.09. The molecule has 0 spiro atoms. The van der Waals surface area contributed by atoms with Gasteiger partial charge in [0.15, 0.2) is 0 Å². The summed E-state index contributed by atoms with van der Waals surface area (Å²) in [4.78, 5) is 10.1. The Morgan fingerprint density at radius 1 is 1.71 bits per heavy atom. The molecule has 1 aromatic rings. The standard InChI is InChI=1S/C10H18N4/c1-11-6-10-12-5-9(13-10)8-3-4-14(2)7-8/h5,8,11H,3-4,6-7H2,1-2H3,(H,12,13). The molecule has 0 aromatic carbocycles. The summed E-state index contributed by atoms with van der Waals surface area (Å²) in [5.74, 6) is 1.69. The third kappa shape index (κ3) is 1.96. The summed E-state index contributed by atoms with van der Waals surface area (Å²) in [6.07, 6.45) is 3.23. The highest BCUT2D eigenvalue weighted by atomic mass is 15.1. The van der Waals surface area contributed by atoms with E-state index in [4.69, 9.17) is 0 Å². The predicted octanol–water partition coefficient (Wildman–Crippen LogP) is 0.548. The molecule has 2 N–H and O–H groups in total. The first-order valence-corrected chi connectivity index (χ1v) is 5.16. The molecule has 2 rings (SSSR count). The van der Waals surface area contributed by atoms with E-state index in [2.05, 4.69) is 27.2 Å². The van der Waals surface area contributed by atoms with E-state index in [0.29, 0.717) is 5.92 Å². The van der Waals surface area contributed by atoms with E-state index in [0.717, 1.165) is 18.9 Å². The van der Waals surface area contributed by atoms with E-state index in [1.807, 2.05) is 13.2 Å². The molecule has 0 aliphatic carbocycles. The van der Waals surface area contributed by atoms with Gasteiger partial charge in [0.2, 0.25) is 0 Å². The highest BCUT2D eigenvalue weighted by Crippen LogP contribution is 2.24. The van der Waals surface area contributed by atoms with Crippen LogP contribution in [0.15, 0.2) is 6.20 Å². The second-order valence-electron chi connectivity index (χ2n) is 4.06. The van der Waals surface area contributed by atoms with E-state index >= 15 is 0 Å². The molecule has 0 saturated carbocycles. The first-order chi connectivity index (χ1) is 6.79. The normalized spacial score (nSPS) is 23.1. The number of aromatic nitrogens is 2. The lowest BCUT2D eigenvalue weighted by atomic mass is 10.1. The van der Waals surface area contributed by atoms with Crippen LogP contribution in [0.1, 0.15) is 23.9 Å². The molecule has 78 valence electrons. The maximum Gasteiger partial charge on any atom is 0.120 e. The van der Waals surface area contributed by atoms with Crippen LogP contribution in [0.4, 0.5) is 0 Å². The summed E-state index contributed by atoms with van der Waals surface area (Å²) >= 11 is 0. The van der Waals surface area contributed by atoms with Gasteiger partial charge in [0, 0.05) is 24.4 Å². The number of aromatic amines is 1. The number of likely N-dealkylation sites (tertiary alicyclic amines) is 1. The van der Waals surface area contributed by atoms with E-state index in [-0.39, 0.29) is 0 Å². The Balaban J connectivity index is 2.02. The number of hydrogen-bond donors (Lipinski definition) is 2. The predicted molar refractivity (Wildman–Crippen MR) is 56.2 cm³/mol. The van der Waals surface area contributed by atoms with Gasteiger partial charge in [-0.25, -0.2) is 4.98 Å². The van der Waals surface area contributed by atoms with Crippen LogP contribution in [0.5, 0.6) is 0 Å². The number of H-pyrrole nitrogens is 1. The number of nitrogens with one attached hydrogen (secondary N) is 2. The van der Waals surface area contributed by atoms with Gasteiger partial charge in [-0.15, -0.1) is 0 Å². The molecule has 1 atom stereocenters. The number of imidazole rings is 1. The number of rotatable bonds is 3. The molecule has 1 aromatic heterocycles. The monoisotopic (exact) mass is 194 g/mol. The van der Waals surface area contributed by atoms with E-state index in [1.165, 1.54) is 18.7 Å². The van der Waals surface area contributed by atoms with Gasteiger partial charge in [-0.05, 0) is 27.1 Å². The number of likely N-dealkylation sites (N-methyl/N-ethyl adjacent to an activating group) is 1. The zero-order valence-electron chi connectivity index (χ0n) is 8.88. The smallest absolute Gasteiger partial charge is 0.120 e. The minimum absolute atomic E-state index is 0.651. The highest BCUT2D eigenvalue weighted by molar-refractivity contribution is 5.10. The Hall–Kier alpha value is -0.870. The minimum Gasteiger partial charge on any atom is -0.345 e. The largest absolute Gasteiger partial charge is 0.345 e. The van der Waals surface area contributed by atoms with Crippen LogP contribution in [0.25, 0.3) is 0 Å². The molecule has 1 saturated heterocycles. The van der Waals surface area contributed by atoms with Gasteiger partial charge >= 0.3 is 0 Å². The summed E-state index contributed by atoms with van der Waals surface area (Å²) in [6, 6.07) is 0. The Morgan fingerprint density at radius 2 is 2.57 bits per heavy atom. The van der Waals surface area contributed by atoms with Crippen LogP contribution < -0.4 is 5.32 Å². The van der Waals surface area contributed by atoms with Gasteiger partial charge in [-0.2, -0.15) is 0 Å². The first-order valence-electron chi connectivity index (χ1n) is 5.16. The highest BCUT2D eigenvalue weighted by Gasteiger charge is 2.22. The second-order valence-corrected chi connectivity index (χ2v) is 4.06. The molecule has 0 bridgehead atoms. The zero-order chi connectivity index (χ0) is 9.97. The third-order valence-corrected chi connectivity index (χ3v) is 2.82. The molecule has 1 unspecified atom stereocenters. The van der Waals surface area contributed by atoms with E-state index in [1.54, 1.807) is 0 Å². The first kappa shape index (κ1) is 9.68. The summed E-state index contributed by atoms with van der Waals surface area (Å²) < 4.78 is 0.